The van der Waals surface area contributed by atoms with E-state index in [4.69, 9.17) is 18.7 Å². The maximum absolute atomic E-state index is 13.2. The molecule has 2 heterocycles. The number of aliphatic hydroxyl groups excluding tert-OH is 1. The summed E-state index contributed by atoms with van der Waals surface area (Å²) >= 11 is 0. The van der Waals surface area contributed by atoms with Crippen molar-refractivity contribution < 1.29 is 33.4 Å². The van der Waals surface area contributed by atoms with Crippen molar-refractivity contribution in [2.45, 2.75) is 13.0 Å². The van der Waals surface area contributed by atoms with Gasteiger partial charge in [0.2, 0.25) is 0 Å². The van der Waals surface area contributed by atoms with E-state index in [0.29, 0.717) is 40.7 Å². The van der Waals surface area contributed by atoms with Gasteiger partial charge in [0.25, 0.3) is 5.78 Å². The van der Waals surface area contributed by atoms with Gasteiger partial charge in [-0.25, -0.2) is 0 Å². The van der Waals surface area contributed by atoms with Crippen molar-refractivity contribution in [3.05, 3.63) is 83.6 Å². The lowest BCUT2D eigenvalue weighted by molar-refractivity contribution is -0.132. The molecule has 9 heteroatoms. The molecule has 1 unspecified atom stereocenters. The lowest BCUT2D eigenvalue weighted by Gasteiger charge is -2.23. The van der Waals surface area contributed by atoms with Crippen LogP contribution in [0.1, 0.15) is 22.9 Å². The highest BCUT2D eigenvalue weighted by Gasteiger charge is 2.48. The third-order valence-corrected chi connectivity index (χ3v) is 5.53. The second kappa shape index (κ2) is 9.76. The first-order chi connectivity index (χ1) is 16.9. The number of hydrogen-bond acceptors (Lipinski definition) is 8. The zero-order valence-corrected chi connectivity index (χ0v) is 19.5. The van der Waals surface area contributed by atoms with Crippen molar-refractivity contribution in [2.24, 2.45) is 0 Å². The largest absolute Gasteiger partial charge is 0.507 e. The van der Waals surface area contributed by atoms with E-state index < -0.39 is 17.7 Å². The number of aromatic nitrogens is 1. The van der Waals surface area contributed by atoms with E-state index in [0.717, 1.165) is 0 Å². The summed E-state index contributed by atoms with van der Waals surface area (Å²) in [6, 6.07) is 12.1. The zero-order valence-electron chi connectivity index (χ0n) is 19.5. The van der Waals surface area contributed by atoms with Crippen LogP contribution in [0.5, 0.6) is 17.2 Å². The molecule has 0 radical (unpaired) electrons. The number of benzene rings is 2. The molecule has 0 spiro atoms. The molecule has 1 atom stereocenters. The minimum absolute atomic E-state index is 0.0948. The smallest absolute Gasteiger partial charge is 0.301 e. The first-order valence-corrected chi connectivity index (χ1v) is 10.7. The van der Waals surface area contributed by atoms with Crippen LogP contribution < -0.4 is 19.1 Å². The summed E-state index contributed by atoms with van der Waals surface area (Å²) in [6.07, 6.45) is 1.62. The summed E-state index contributed by atoms with van der Waals surface area (Å²) in [5.41, 5.74) is 0.758. The zero-order chi connectivity index (χ0) is 25.1. The number of ether oxygens (including phenoxy) is 3. The Kier molecular flexibility index (Phi) is 6.59. The topological polar surface area (TPSA) is 111 Å². The number of amides is 1. The number of methoxy groups -OCH3 is 2. The molecule has 1 saturated heterocycles. The molecule has 1 aliphatic rings. The molecule has 2 aromatic carbocycles. The van der Waals surface area contributed by atoms with Gasteiger partial charge in [-0.15, -0.1) is 0 Å². The van der Waals surface area contributed by atoms with Crippen LogP contribution in [0.3, 0.4) is 0 Å². The Bertz CT molecular complexity index is 1310. The van der Waals surface area contributed by atoms with E-state index in [-0.39, 0.29) is 17.2 Å². The summed E-state index contributed by atoms with van der Waals surface area (Å²) in [4.78, 5) is 27.6. The third-order valence-electron chi connectivity index (χ3n) is 5.53. The maximum Gasteiger partial charge on any atom is 0.301 e. The number of hydrogen-bond donors (Lipinski definition) is 1. The number of nitrogens with zero attached hydrogens (tertiary/aromatic N) is 2. The monoisotopic (exact) mass is 476 g/mol. The maximum atomic E-state index is 13.2. The van der Waals surface area contributed by atoms with Crippen LogP contribution in [0.2, 0.25) is 0 Å². The molecule has 35 heavy (non-hydrogen) atoms. The summed E-state index contributed by atoms with van der Waals surface area (Å²) < 4.78 is 21.4. The van der Waals surface area contributed by atoms with Crippen LogP contribution >= 0.6 is 0 Å². The standard InChI is InChI=1S/C26H24N2O7/c1-5-12-34-18-9-6-16(7-10-18)24(29)22-23(17-8-11-19(32-3)20(14-17)33-4)28(26(31)25(22)30)21-13-15(2)35-27-21/h5-11,13-14,23,29H,1,12H2,2-4H3/b24-22+. The second-order valence-electron chi connectivity index (χ2n) is 7.70. The predicted molar refractivity (Wildman–Crippen MR) is 128 cm³/mol. The van der Waals surface area contributed by atoms with Gasteiger partial charge in [0, 0.05) is 11.6 Å². The van der Waals surface area contributed by atoms with Crippen LogP contribution in [-0.4, -0.2) is 42.8 Å². The van der Waals surface area contributed by atoms with Crippen LogP contribution in [0.15, 0.2) is 71.3 Å². The molecule has 0 aliphatic carbocycles. The van der Waals surface area contributed by atoms with E-state index in [9.17, 15) is 14.7 Å². The van der Waals surface area contributed by atoms with Gasteiger partial charge in [-0.3, -0.25) is 14.5 Å². The Morgan fingerprint density at radius 3 is 2.43 bits per heavy atom. The molecule has 180 valence electrons. The number of carbonyl (C=O) groups is 2. The van der Waals surface area contributed by atoms with Crippen molar-refractivity contribution in [1.82, 2.24) is 5.16 Å². The molecular weight excluding hydrogens is 452 g/mol. The fourth-order valence-electron chi connectivity index (χ4n) is 3.89. The summed E-state index contributed by atoms with van der Waals surface area (Å²) in [6.45, 7) is 5.61. The van der Waals surface area contributed by atoms with Crippen LogP contribution in [0.4, 0.5) is 5.82 Å². The highest BCUT2D eigenvalue weighted by molar-refractivity contribution is 6.51. The minimum atomic E-state index is -0.990. The number of Topliss-reactive ketones (excluding diaryl/α,β-unsaturated/α-hetero) is 1. The molecule has 0 bridgehead atoms. The minimum Gasteiger partial charge on any atom is -0.507 e. The Morgan fingerprint density at radius 1 is 1.11 bits per heavy atom. The van der Waals surface area contributed by atoms with Crippen molar-refractivity contribution in [2.75, 3.05) is 25.7 Å². The highest BCUT2D eigenvalue weighted by atomic mass is 16.5. The van der Waals surface area contributed by atoms with Gasteiger partial charge in [-0.2, -0.15) is 0 Å². The SMILES string of the molecule is C=CCOc1ccc(/C(O)=C2\C(=O)C(=O)N(c3cc(C)on3)C2c2ccc(OC)c(OC)c2)cc1. The molecule has 4 rings (SSSR count). The molecule has 3 aromatic rings. The molecule has 1 amide bonds. The average molecular weight is 476 g/mol. The van der Waals surface area contributed by atoms with Gasteiger partial charge in [0.15, 0.2) is 17.3 Å². The lowest BCUT2D eigenvalue weighted by Crippen LogP contribution is -2.29. The van der Waals surface area contributed by atoms with Gasteiger partial charge < -0.3 is 23.8 Å². The molecule has 1 N–H and O–H groups in total. The van der Waals surface area contributed by atoms with E-state index in [2.05, 4.69) is 11.7 Å². The lowest BCUT2D eigenvalue weighted by atomic mass is 9.95. The number of carbonyl (C=O) groups excluding carboxylic acids is 2. The fourth-order valence-corrected chi connectivity index (χ4v) is 3.89. The van der Waals surface area contributed by atoms with Gasteiger partial charge in [0.05, 0.1) is 25.8 Å². The molecule has 1 aliphatic heterocycles. The Balaban J connectivity index is 1.88. The molecule has 9 nitrogen and oxygen atoms in total. The molecular formula is C26H24N2O7. The van der Waals surface area contributed by atoms with E-state index >= 15 is 0 Å². The molecule has 0 saturated carbocycles. The summed E-state index contributed by atoms with van der Waals surface area (Å²) in [5, 5.41) is 15.2. The van der Waals surface area contributed by atoms with Gasteiger partial charge in [0.1, 0.15) is 23.9 Å². The Morgan fingerprint density at radius 2 is 1.83 bits per heavy atom. The van der Waals surface area contributed by atoms with Crippen LogP contribution in [0, 0.1) is 6.92 Å². The van der Waals surface area contributed by atoms with Crippen LogP contribution in [-0.2, 0) is 9.59 Å². The average Bonchev–Trinajstić information content (AvgIpc) is 3.42. The van der Waals surface area contributed by atoms with E-state index in [1.165, 1.54) is 19.1 Å². The number of aliphatic hydroxyl groups is 1. The van der Waals surface area contributed by atoms with Gasteiger partial charge >= 0.3 is 5.91 Å². The first-order valence-electron chi connectivity index (χ1n) is 10.7. The summed E-state index contributed by atoms with van der Waals surface area (Å²) in [7, 11) is 2.99. The normalized spacial score (nSPS) is 16.9. The highest BCUT2D eigenvalue weighted by Crippen LogP contribution is 2.44. The van der Waals surface area contributed by atoms with Crippen molar-refractivity contribution >= 4 is 23.3 Å². The third kappa shape index (κ3) is 4.35. The molecule has 1 aromatic heterocycles. The van der Waals surface area contributed by atoms with E-state index in [1.807, 2.05) is 0 Å². The predicted octanol–water partition coefficient (Wildman–Crippen LogP) is 4.19. The number of anilines is 1. The van der Waals surface area contributed by atoms with Gasteiger partial charge in [-0.05, 0) is 48.9 Å². The van der Waals surface area contributed by atoms with Crippen molar-refractivity contribution in [3.63, 3.8) is 0 Å². The van der Waals surface area contributed by atoms with Crippen molar-refractivity contribution in [3.8, 4) is 17.2 Å². The van der Waals surface area contributed by atoms with E-state index in [1.54, 1.807) is 61.5 Å². The molecule has 1 fully saturated rings. The van der Waals surface area contributed by atoms with Gasteiger partial charge in [-0.1, -0.05) is 23.9 Å². The first kappa shape index (κ1) is 23.6. The van der Waals surface area contributed by atoms with Crippen molar-refractivity contribution in [1.29, 1.82) is 0 Å². The quantitative estimate of drug-likeness (QED) is 0.223. The Labute approximate surface area is 201 Å². The van der Waals surface area contributed by atoms with Crippen LogP contribution in [0.25, 0.3) is 5.76 Å². The second-order valence-corrected chi connectivity index (χ2v) is 7.70. The number of aryl methyl sites for hydroxylation is 1. The number of ketones is 1. The summed E-state index contributed by atoms with van der Waals surface area (Å²) in [5.74, 6) is 0.0222. The Hall–Kier alpha value is -4.53. The fraction of sp³-hybridized carbons (Fsp3) is 0.192. The number of rotatable bonds is 8.